The number of hydrogen-bond donors (Lipinski definition) is 1. The van der Waals surface area contributed by atoms with Crippen molar-refractivity contribution in [2.75, 3.05) is 11.4 Å². The zero-order chi connectivity index (χ0) is 16.9. The summed E-state index contributed by atoms with van der Waals surface area (Å²) in [5, 5.41) is 14.3. The number of hydrogen-bond acceptors (Lipinski definition) is 5. The summed E-state index contributed by atoms with van der Waals surface area (Å²) in [6, 6.07) is 6.92. The molecule has 1 aliphatic heterocycles. The first-order chi connectivity index (χ1) is 11.6. The smallest absolute Gasteiger partial charge is 0.229 e. The zero-order valence-corrected chi connectivity index (χ0v) is 13.7. The summed E-state index contributed by atoms with van der Waals surface area (Å²) < 4.78 is 1.58. The minimum Gasteiger partial charge on any atom is -0.351 e. The molecule has 0 aliphatic carbocycles. The average molecular weight is 349 g/mol. The van der Waals surface area contributed by atoms with Crippen LogP contribution in [-0.4, -0.2) is 44.6 Å². The maximum absolute atomic E-state index is 12.1. The number of nitrogens with zero attached hydrogens (tertiary/aromatic N) is 5. The second-order valence-corrected chi connectivity index (χ2v) is 6.06. The van der Waals surface area contributed by atoms with Crippen molar-refractivity contribution in [2.45, 2.75) is 31.8 Å². The first-order valence-corrected chi connectivity index (χ1v) is 8.05. The largest absolute Gasteiger partial charge is 0.351 e. The van der Waals surface area contributed by atoms with E-state index in [1.54, 1.807) is 33.8 Å². The van der Waals surface area contributed by atoms with Crippen LogP contribution in [0, 0.1) is 0 Å². The second-order valence-electron chi connectivity index (χ2n) is 5.63. The molecule has 1 saturated heterocycles. The number of rotatable bonds is 6. The highest BCUT2D eigenvalue weighted by atomic mass is 35.5. The highest BCUT2D eigenvalue weighted by Gasteiger charge is 2.31. The molecular weight excluding hydrogens is 332 g/mol. The Kier molecular flexibility index (Phi) is 5.05. The first-order valence-electron chi connectivity index (χ1n) is 7.68. The summed E-state index contributed by atoms with van der Waals surface area (Å²) in [5.74, 6) is -0.0739. The molecule has 24 heavy (non-hydrogen) atoms. The van der Waals surface area contributed by atoms with E-state index in [0.717, 1.165) is 5.69 Å². The lowest BCUT2D eigenvalue weighted by Crippen LogP contribution is -2.37. The number of anilines is 1. The summed E-state index contributed by atoms with van der Waals surface area (Å²) in [5.41, 5.74) is 0.792. The Morgan fingerprint density at radius 3 is 2.83 bits per heavy atom. The lowest BCUT2D eigenvalue weighted by molar-refractivity contribution is -0.121. The van der Waals surface area contributed by atoms with E-state index in [1.807, 2.05) is 0 Å². The van der Waals surface area contributed by atoms with E-state index in [0.29, 0.717) is 37.4 Å². The third kappa shape index (κ3) is 4.08. The van der Waals surface area contributed by atoms with Crippen LogP contribution < -0.4 is 10.2 Å². The predicted octanol–water partition coefficient (Wildman–Crippen LogP) is 1.03. The molecule has 0 unspecified atom stereocenters. The summed E-state index contributed by atoms with van der Waals surface area (Å²) in [4.78, 5) is 25.8. The van der Waals surface area contributed by atoms with Gasteiger partial charge in [-0.25, -0.2) is 4.68 Å². The zero-order valence-electron chi connectivity index (χ0n) is 12.9. The van der Waals surface area contributed by atoms with Gasteiger partial charge in [0.05, 0.1) is 6.04 Å². The fourth-order valence-corrected chi connectivity index (χ4v) is 2.79. The number of tetrazole rings is 1. The van der Waals surface area contributed by atoms with E-state index in [4.69, 9.17) is 11.6 Å². The second kappa shape index (κ2) is 7.39. The molecule has 2 amide bonds. The van der Waals surface area contributed by atoms with Crippen LogP contribution in [0.2, 0.25) is 5.02 Å². The Morgan fingerprint density at radius 2 is 2.12 bits per heavy atom. The minimum atomic E-state index is -0.172. The van der Waals surface area contributed by atoms with Crippen LogP contribution in [0.1, 0.15) is 19.3 Å². The quantitative estimate of drug-likeness (QED) is 0.841. The van der Waals surface area contributed by atoms with E-state index in [1.165, 1.54) is 6.33 Å². The van der Waals surface area contributed by atoms with Gasteiger partial charge in [0.25, 0.3) is 0 Å². The molecule has 126 valence electrons. The van der Waals surface area contributed by atoms with E-state index >= 15 is 0 Å². The molecule has 0 spiro atoms. The van der Waals surface area contributed by atoms with Gasteiger partial charge in [-0.2, -0.15) is 0 Å². The van der Waals surface area contributed by atoms with Crippen LogP contribution in [0.5, 0.6) is 0 Å². The molecule has 1 atom stereocenters. The molecule has 2 heterocycles. The lowest BCUT2D eigenvalue weighted by atomic mass is 10.2. The van der Waals surface area contributed by atoms with Gasteiger partial charge in [0.2, 0.25) is 11.8 Å². The summed E-state index contributed by atoms with van der Waals surface area (Å²) in [6.45, 7) is 1.06. The summed E-state index contributed by atoms with van der Waals surface area (Å²) >= 11 is 5.86. The van der Waals surface area contributed by atoms with Gasteiger partial charge in [-0.15, -0.1) is 5.10 Å². The van der Waals surface area contributed by atoms with Gasteiger partial charge in [0, 0.05) is 36.6 Å². The maximum Gasteiger partial charge on any atom is 0.229 e. The first kappa shape index (κ1) is 16.4. The Hall–Kier alpha value is -2.48. The number of benzene rings is 1. The highest BCUT2D eigenvalue weighted by Crippen LogP contribution is 2.23. The number of carbonyl (C=O) groups excluding carboxylic acids is 2. The third-order valence-corrected chi connectivity index (χ3v) is 4.06. The minimum absolute atomic E-state index is 0.00341. The molecule has 1 fully saturated rings. The number of halogens is 1. The molecule has 8 nitrogen and oxygen atoms in total. The van der Waals surface area contributed by atoms with Crippen molar-refractivity contribution in [3.63, 3.8) is 0 Å². The van der Waals surface area contributed by atoms with Crippen molar-refractivity contribution in [3.8, 4) is 0 Å². The number of amides is 2. The molecule has 1 aromatic heterocycles. The Morgan fingerprint density at radius 1 is 1.33 bits per heavy atom. The van der Waals surface area contributed by atoms with Gasteiger partial charge >= 0.3 is 0 Å². The highest BCUT2D eigenvalue weighted by molar-refractivity contribution is 6.30. The molecule has 1 N–H and O–H groups in total. The van der Waals surface area contributed by atoms with Gasteiger partial charge < -0.3 is 10.2 Å². The van der Waals surface area contributed by atoms with E-state index < -0.39 is 0 Å². The van der Waals surface area contributed by atoms with Gasteiger partial charge in [0.1, 0.15) is 6.33 Å². The lowest BCUT2D eigenvalue weighted by Gasteiger charge is -2.17. The molecular formula is C15H17ClN6O2. The molecule has 0 bridgehead atoms. The SMILES string of the molecule is O=C(CCCn1cnnn1)N[C@H]1CC(=O)N(c2ccc(Cl)cc2)C1. The number of carbonyl (C=O) groups is 2. The molecule has 1 aliphatic rings. The van der Waals surface area contributed by atoms with Crippen molar-refractivity contribution in [1.29, 1.82) is 0 Å². The topological polar surface area (TPSA) is 93.0 Å². The van der Waals surface area contributed by atoms with Crippen LogP contribution >= 0.6 is 11.6 Å². The van der Waals surface area contributed by atoms with Crippen molar-refractivity contribution < 1.29 is 9.59 Å². The normalized spacial score (nSPS) is 17.3. The molecule has 9 heteroatoms. The van der Waals surface area contributed by atoms with Crippen LogP contribution in [0.4, 0.5) is 5.69 Å². The van der Waals surface area contributed by atoms with Crippen LogP contribution in [-0.2, 0) is 16.1 Å². The molecule has 0 radical (unpaired) electrons. The maximum atomic E-state index is 12.1. The van der Waals surface area contributed by atoms with Gasteiger partial charge in [-0.05, 0) is 41.1 Å². The Bertz CT molecular complexity index is 703. The number of nitrogens with one attached hydrogen (secondary N) is 1. The van der Waals surface area contributed by atoms with E-state index in [2.05, 4.69) is 20.8 Å². The van der Waals surface area contributed by atoms with Gasteiger partial charge in [0.15, 0.2) is 0 Å². The third-order valence-electron chi connectivity index (χ3n) is 3.81. The van der Waals surface area contributed by atoms with Crippen molar-refractivity contribution in [1.82, 2.24) is 25.5 Å². The van der Waals surface area contributed by atoms with Crippen LogP contribution in [0.3, 0.4) is 0 Å². The molecule has 3 rings (SSSR count). The fourth-order valence-electron chi connectivity index (χ4n) is 2.66. The monoisotopic (exact) mass is 348 g/mol. The van der Waals surface area contributed by atoms with Crippen molar-refractivity contribution in [3.05, 3.63) is 35.6 Å². The fraction of sp³-hybridized carbons (Fsp3) is 0.400. The summed E-state index contributed by atoms with van der Waals surface area (Å²) in [7, 11) is 0. The number of aromatic nitrogens is 4. The van der Waals surface area contributed by atoms with E-state index in [-0.39, 0.29) is 17.9 Å². The number of aryl methyl sites for hydroxylation is 1. The molecule has 1 aromatic carbocycles. The van der Waals surface area contributed by atoms with Crippen LogP contribution in [0.15, 0.2) is 30.6 Å². The average Bonchev–Trinajstić information content (AvgIpc) is 3.18. The molecule has 2 aromatic rings. The standard InChI is InChI=1S/C15H17ClN6O2/c16-11-3-5-13(6-4-11)22-9-12(8-15(22)24)18-14(23)2-1-7-21-10-17-19-20-21/h3-6,10,12H,1-2,7-9H2,(H,18,23)/t12-/m0/s1. The van der Waals surface area contributed by atoms with Crippen molar-refractivity contribution >= 4 is 29.1 Å². The Balaban J connectivity index is 1.47. The summed E-state index contributed by atoms with van der Waals surface area (Å²) in [6.07, 6.45) is 2.82. The van der Waals surface area contributed by atoms with Gasteiger partial charge in [-0.1, -0.05) is 11.6 Å². The van der Waals surface area contributed by atoms with E-state index in [9.17, 15) is 9.59 Å². The van der Waals surface area contributed by atoms with Crippen LogP contribution in [0.25, 0.3) is 0 Å². The van der Waals surface area contributed by atoms with Crippen molar-refractivity contribution in [2.24, 2.45) is 0 Å². The Labute approximate surface area is 143 Å². The van der Waals surface area contributed by atoms with Gasteiger partial charge in [-0.3, -0.25) is 9.59 Å². The predicted molar refractivity (Wildman–Crippen MR) is 87.4 cm³/mol. The molecule has 0 saturated carbocycles.